The monoisotopic (exact) mass is 472 g/mol. The van der Waals surface area contributed by atoms with Crippen molar-refractivity contribution in [3.63, 3.8) is 0 Å². The predicted octanol–water partition coefficient (Wildman–Crippen LogP) is 5.24. The SMILES string of the molecule is CCCCC=CS(=O)(=O)c1c(O)c(Cl)c(S(=O)(=O)CCCCCC)c(O)c1Cl. The number of allylic oxidation sites excluding steroid dienone is 1. The molecule has 6 nitrogen and oxygen atoms in total. The van der Waals surface area contributed by atoms with Gasteiger partial charge in [-0.3, -0.25) is 0 Å². The molecule has 1 rings (SSSR count). The van der Waals surface area contributed by atoms with Gasteiger partial charge in [-0.15, -0.1) is 0 Å². The first-order valence-corrected chi connectivity index (χ1v) is 13.0. The van der Waals surface area contributed by atoms with Gasteiger partial charge in [0.25, 0.3) is 0 Å². The highest BCUT2D eigenvalue weighted by Crippen LogP contribution is 2.48. The molecule has 0 amide bonds. The van der Waals surface area contributed by atoms with Crippen molar-refractivity contribution < 1.29 is 27.0 Å². The Hall–Kier alpha value is -0.960. The number of unbranched alkanes of at least 4 members (excludes halogenated alkanes) is 5. The highest BCUT2D eigenvalue weighted by atomic mass is 35.5. The first-order chi connectivity index (χ1) is 13.0. The number of phenols is 2. The number of hydrogen-bond donors (Lipinski definition) is 2. The second kappa shape index (κ2) is 10.7. The van der Waals surface area contributed by atoms with Crippen molar-refractivity contribution >= 4 is 42.9 Å². The molecule has 160 valence electrons. The van der Waals surface area contributed by atoms with Crippen molar-refractivity contribution in [2.75, 3.05) is 5.75 Å². The molecule has 1 aromatic rings. The third-order valence-corrected chi connectivity index (χ3v) is 8.43. The molecule has 2 N–H and O–H groups in total. The first-order valence-electron chi connectivity index (χ1n) is 9.08. The zero-order valence-electron chi connectivity index (χ0n) is 15.9. The van der Waals surface area contributed by atoms with Gasteiger partial charge in [-0.05, 0) is 12.8 Å². The summed E-state index contributed by atoms with van der Waals surface area (Å²) < 4.78 is 50.1. The lowest BCUT2D eigenvalue weighted by atomic mass is 10.2. The van der Waals surface area contributed by atoms with Gasteiger partial charge in [0.1, 0.15) is 19.8 Å². The maximum absolute atomic E-state index is 12.6. The van der Waals surface area contributed by atoms with Crippen molar-refractivity contribution in [3.05, 3.63) is 21.5 Å². The Morgan fingerprint density at radius 3 is 1.93 bits per heavy atom. The molecule has 10 heteroatoms. The van der Waals surface area contributed by atoms with Gasteiger partial charge >= 0.3 is 0 Å². The van der Waals surface area contributed by atoms with E-state index in [1.165, 1.54) is 6.08 Å². The fourth-order valence-corrected chi connectivity index (χ4v) is 6.52. The van der Waals surface area contributed by atoms with E-state index in [4.69, 9.17) is 23.2 Å². The van der Waals surface area contributed by atoms with Crippen LogP contribution in [0.5, 0.6) is 11.5 Å². The van der Waals surface area contributed by atoms with Gasteiger partial charge in [0, 0.05) is 5.41 Å². The number of aromatic hydroxyl groups is 2. The molecule has 0 saturated carbocycles. The van der Waals surface area contributed by atoms with Gasteiger partial charge in [-0.1, -0.05) is 75.2 Å². The zero-order valence-corrected chi connectivity index (χ0v) is 19.1. The molecule has 0 aliphatic heterocycles. The molecule has 0 unspecified atom stereocenters. The molecule has 0 aliphatic rings. The first kappa shape index (κ1) is 25.1. The quantitative estimate of drug-likeness (QED) is 0.336. The second-order valence-electron chi connectivity index (χ2n) is 6.42. The lowest BCUT2D eigenvalue weighted by Crippen LogP contribution is -2.10. The van der Waals surface area contributed by atoms with Crippen LogP contribution in [0.1, 0.15) is 58.8 Å². The molecular weight excluding hydrogens is 447 g/mol. The van der Waals surface area contributed by atoms with Gasteiger partial charge in [-0.2, -0.15) is 0 Å². The number of phenolic OH excluding ortho intramolecular Hbond substituents is 2. The molecule has 0 fully saturated rings. The summed E-state index contributed by atoms with van der Waals surface area (Å²) >= 11 is 11.9. The number of sulfone groups is 2. The average Bonchev–Trinajstić information content (AvgIpc) is 2.61. The Kier molecular flexibility index (Phi) is 9.59. The van der Waals surface area contributed by atoms with E-state index in [0.29, 0.717) is 19.3 Å². The summed E-state index contributed by atoms with van der Waals surface area (Å²) in [7, 11) is -8.31. The van der Waals surface area contributed by atoms with Crippen LogP contribution in [-0.2, 0) is 19.7 Å². The van der Waals surface area contributed by atoms with Crippen molar-refractivity contribution in [3.8, 4) is 11.5 Å². The van der Waals surface area contributed by atoms with Crippen molar-refractivity contribution in [2.24, 2.45) is 0 Å². The van der Waals surface area contributed by atoms with Crippen LogP contribution in [0.15, 0.2) is 21.3 Å². The second-order valence-corrected chi connectivity index (χ2v) is 11.0. The summed E-state index contributed by atoms with van der Waals surface area (Å²) in [6.45, 7) is 3.93. The van der Waals surface area contributed by atoms with Crippen LogP contribution in [-0.4, -0.2) is 32.8 Å². The summed E-state index contributed by atoms with van der Waals surface area (Å²) in [4.78, 5) is -1.56. The summed E-state index contributed by atoms with van der Waals surface area (Å²) in [5.74, 6) is -2.27. The Morgan fingerprint density at radius 2 is 1.36 bits per heavy atom. The standard InChI is InChI=1S/C18H26Cl2O6S2/c1-3-5-7-9-11-27(23,24)17-13(19)16(22)18(14(20)15(17)21)28(25,26)12-10-8-6-4-2/h9,11,21-22H,3-8,10,12H2,1-2H3. The lowest BCUT2D eigenvalue weighted by Gasteiger charge is -2.15. The normalized spacial score (nSPS) is 12.7. The van der Waals surface area contributed by atoms with Crippen molar-refractivity contribution in [1.82, 2.24) is 0 Å². The van der Waals surface area contributed by atoms with Gasteiger partial charge < -0.3 is 10.2 Å². The van der Waals surface area contributed by atoms with Gasteiger partial charge in [0.15, 0.2) is 21.3 Å². The van der Waals surface area contributed by atoms with Crippen LogP contribution >= 0.6 is 23.2 Å². The summed E-state index contributed by atoms with van der Waals surface area (Å²) in [5.41, 5.74) is 0. The van der Waals surface area contributed by atoms with E-state index in [1.54, 1.807) is 0 Å². The average molecular weight is 473 g/mol. The van der Waals surface area contributed by atoms with Crippen molar-refractivity contribution in [1.29, 1.82) is 0 Å². The van der Waals surface area contributed by atoms with Gasteiger partial charge in [-0.25, -0.2) is 16.8 Å². The summed E-state index contributed by atoms with van der Waals surface area (Å²) in [5, 5.41) is 19.9. The summed E-state index contributed by atoms with van der Waals surface area (Å²) in [6.07, 6.45) is 6.31. The predicted molar refractivity (Wildman–Crippen MR) is 112 cm³/mol. The molecule has 0 spiro atoms. The number of benzene rings is 1. The maximum Gasteiger partial charge on any atom is 0.204 e. The van der Waals surface area contributed by atoms with E-state index < -0.39 is 51.0 Å². The molecule has 0 heterocycles. The van der Waals surface area contributed by atoms with Crippen molar-refractivity contribution in [2.45, 2.75) is 68.6 Å². The molecule has 28 heavy (non-hydrogen) atoms. The van der Waals surface area contributed by atoms with Crippen LogP contribution in [0.25, 0.3) is 0 Å². The maximum atomic E-state index is 12.6. The Bertz CT molecular complexity index is 893. The number of rotatable bonds is 11. The topological polar surface area (TPSA) is 109 Å². The fraction of sp³-hybridized carbons (Fsp3) is 0.556. The highest BCUT2D eigenvalue weighted by molar-refractivity contribution is 7.94. The lowest BCUT2D eigenvalue weighted by molar-refractivity contribution is 0.434. The van der Waals surface area contributed by atoms with Crippen LogP contribution in [0.2, 0.25) is 10.0 Å². The van der Waals surface area contributed by atoms with E-state index in [-0.39, 0.29) is 5.75 Å². The minimum absolute atomic E-state index is 0.306. The molecule has 0 saturated heterocycles. The van der Waals surface area contributed by atoms with E-state index in [0.717, 1.165) is 31.1 Å². The van der Waals surface area contributed by atoms with E-state index in [9.17, 15) is 27.0 Å². The molecular formula is C18H26Cl2O6S2. The number of halogens is 2. The minimum atomic E-state index is -4.24. The van der Waals surface area contributed by atoms with Crippen LogP contribution in [0.4, 0.5) is 0 Å². The van der Waals surface area contributed by atoms with E-state index in [2.05, 4.69) is 0 Å². The van der Waals surface area contributed by atoms with Gasteiger partial charge in [0.2, 0.25) is 9.84 Å². The van der Waals surface area contributed by atoms with E-state index in [1.807, 2.05) is 13.8 Å². The van der Waals surface area contributed by atoms with Crippen LogP contribution in [0, 0.1) is 0 Å². The summed E-state index contributed by atoms with van der Waals surface area (Å²) in [6, 6.07) is 0. The Balaban J connectivity index is 3.41. The Morgan fingerprint density at radius 1 is 0.821 bits per heavy atom. The molecule has 0 radical (unpaired) electrons. The highest BCUT2D eigenvalue weighted by Gasteiger charge is 2.33. The van der Waals surface area contributed by atoms with Gasteiger partial charge in [0.05, 0.1) is 5.75 Å². The zero-order chi connectivity index (χ0) is 21.5. The molecule has 1 aromatic carbocycles. The molecule has 0 bridgehead atoms. The fourth-order valence-electron chi connectivity index (χ4n) is 2.57. The van der Waals surface area contributed by atoms with Crippen LogP contribution < -0.4 is 0 Å². The van der Waals surface area contributed by atoms with Crippen LogP contribution in [0.3, 0.4) is 0 Å². The third kappa shape index (κ3) is 6.02. The minimum Gasteiger partial charge on any atom is -0.505 e. The molecule has 0 aliphatic carbocycles. The molecule has 0 aromatic heterocycles. The smallest absolute Gasteiger partial charge is 0.204 e. The largest absolute Gasteiger partial charge is 0.505 e. The Labute approximate surface area is 177 Å². The molecule has 0 atom stereocenters. The number of hydrogen-bond acceptors (Lipinski definition) is 6. The third-order valence-electron chi connectivity index (χ3n) is 4.11. The van der Waals surface area contributed by atoms with E-state index >= 15 is 0 Å².